The smallest absolute Gasteiger partial charge is 0.253 e. The first-order valence-corrected chi connectivity index (χ1v) is 12.1. The highest BCUT2D eigenvalue weighted by molar-refractivity contribution is 7.80. The Morgan fingerprint density at radius 3 is 2.43 bits per heavy atom. The maximum Gasteiger partial charge on any atom is 0.253 e. The Morgan fingerprint density at radius 1 is 0.943 bits per heavy atom. The molecule has 4 aromatic rings. The number of H-pyrrole nitrogens is 1. The molecular weight excluding hydrogens is 458 g/mol. The van der Waals surface area contributed by atoms with Crippen molar-refractivity contribution in [3.8, 4) is 11.5 Å². The Kier molecular flexibility index (Phi) is 6.68. The van der Waals surface area contributed by atoms with Crippen molar-refractivity contribution in [3.63, 3.8) is 0 Å². The maximum absolute atomic E-state index is 13.1. The molecule has 5 rings (SSSR count). The van der Waals surface area contributed by atoms with Gasteiger partial charge in [-0.3, -0.25) is 4.79 Å². The molecule has 0 radical (unpaired) electrons. The number of anilines is 1. The van der Waals surface area contributed by atoms with E-state index in [2.05, 4.69) is 35.4 Å². The Balaban J connectivity index is 1.47. The number of nitrogens with one attached hydrogen (secondary N) is 2. The lowest BCUT2D eigenvalue weighted by molar-refractivity contribution is 0.172. The van der Waals surface area contributed by atoms with E-state index < -0.39 is 0 Å². The van der Waals surface area contributed by atoms with Crippen LogP contribution in [-0.4, -0.2) is 28.2 Å². The Labute approximate surface area is 209 Å². The van der Waals surface area contributed by atoms with Crippen molar-refractivity contribution in [2.24, 2.45) is 0 Å². The standard InChI is InChI=1S/C28H27N3O3S/c1-2-20-10-6-7-11-23(20)30-28(35)31(17-19-8-4-3-5-9-19)18-22-14-21-15-25-26(34-13-12-33-25)16-24(21)29-27(22)32/h3-11,14-16H,2,12-13,17-18H2,1H3,(H,29,32)(H,30,35). The average Bonchev–Trinajstić information content (AvgIpc) is 2.88. The van der Waals surface area contributed by atoms with Gasteiger partial charge in [-0.1, -0.05) is 55.5 Å². The van der Waals surface area contributed by atoms with Crippen molar-refractivity contribution in [1.82, 2.24) is 9.88 Å². The number of aryl methyl sites for hydroxylation is 1. The zero-order valence-corrected chi connectivity index (χ0v) is 20.4. The molecule has 0 aliphatic carbocycles. The van der Waals surface area contributed by atoms with Gasteiger partial charge in [-0.15, -0.1) is 0 Å². The van der Waals surface area contributed by atoms with Crippen LogP contribution in [0.2, 0.25) is 0 Å². The molecule has 0 fully saturated rings. The van der Waals surface area contributed by atoms with Gasteiger partial charge < -0.3 is 24.7 Å². The van der Waals surface area contributed by atoms with Crippen LogP contribution in [0.5, 0.6) is 11.5 Å². The summed E-state index contributed by atoms with van der Waals surface area (Å²) in [4.78, 5) is 18.1. The van der Waals surface area contributed by atoms with Gasteiger partial charge in [0.1, 0.15) is 13.2 Å². The summed E-state index contributed by atoms with van der Waals surface area (Å²) in [6.07, 6.45) is 0.894. The topological polar surface area (TPSA) is 66.6 Å². The van der Waals surface area contributed by atoms with Crippen molar-refractivity contribution in [3.05, 3.63) is 99.8 Å². The van der Waals surface area contributed by atoms with Gasteiger partial charge >= 0.3 is 0 Å². The normalized spacial score (nSPS) is 12.4. The van der Waals surface area contributed by atoms with Crippen LogP contribution in [0.15, 0.2) is 77.6 Å². The number of benzene rings is 3. The molecule has 0 saturated heterocycles. The largest absolute Gasteiger partial charge is 0.486 e. The molecule has 6 nitrogen and oxygen atoms in total. The van der Waals surface area contributed by atoms with Crippen LogP contribution < -0.4 is 20.3 Å². The third-order valence-corrected chi connectivity index (χ3v) is 6.45. The molecule has 35 heavy (non-hydrogen) atoms. The second-order valence-corrected chi connectivity index (χ2v) is 8.88. The van der Waals surface area contributed by atoms with Crippen molar-refractivity contribution in [1.29, 1.82) is 0 Å². The number of thiocarbonyl (C=S) groups is 1. The summed E-state index contributed by atoms with van der Waals surface area (Å²) in [6.45, 7) is 4.06. The van der Waals surface area contributed by atoms with Gasteiger partial charge in [0.25, 0.3) is 5.56 Å². The SMILES string of the molecule is CCc1ccccc1NC(=S)N(Cc1ccccc1)Cc1cc2cc3c(cc2[nH]c1=O)OCCO3. The third kappa shape index (κ3) is 5.15. The van der Waals surface area contributed by atoms with Gasteiger partial charge in [-0.2, -0.15) is 0 Å². The van der Waals surface area contributed by atoms with Gasteiger partial charge in [0.05, 0.1) is 12.1 Å². The van der Waals surface area contributed by atoms with Gasteiger partial charge in [-0.25, -0.2) is 0 Å². The van der Waals surface area contributed by atoms with E-state index in [0.29, 0.717) is 48.5 Å². The zero-order valence-electron chi connectivity index (χ0n) is 19.5. The van der Waals surface area contributed by atoms with Crippen LogP contribution in [0.25, 0.3) is 10.9 Å². The highest BCUT2D eigenvalue weighted by Crippen LogP contribution is 2.33. The minimum absolute atomic E-state index is 0.149. The summed E-state index contributed by atoms with van der Waals surface area (Å²) >= 11 is 5.85. The molecule has 1 aliphatic rings. The number of rotatable bonds is 6. The minimum Gasteiger partial charge on any atom is -0.486 e. The molecule has 178 valence electrons. The van der Waals surface area contributed by atoms with Crippen LogP contribution in [0.4, 0.5) is 5.69 Å². The van der Waals surface area contributed by atoms with E-state index >= 15 is 0 Å². The highest BCUT2D eigenvalue weighted by Gasteiger charge is 2.17. The third-order valence-electron chi connectivity index (χ3n) is 6.09. The summed E-state index contributed by atoms with van der Waals surface area (Å²) in [5, 5.41) is 4.86. The maximum atomic E-state index is 13.1. The van der Waals surface area contributed by atoms with Crippen molar-refractivity contribution >= 4 is 33.9 Å². The van der Waals surface area contributed by atoms with Gasteiger partial charge in [-0.05, 0) is 48.0 Å². The van der Waals surface area contributed by atoms with Crippen LogP contribution >= 0.6 is 12.2 Å². The predicted octanol–water partition coefficient (Wildman–Crippen LogP) is 5.26. The van der Waals surface area contributed by atoms with E-state index in [1.165, 1.54) is 5.56 Å². The number of aromatic amines is 1. The minimum atomic E-state index is -0.149. The van der Waals surface area contributed by atoms with E-state index in [1.807, 2.05) is 59.5 Å². The number of hydrogen-bond acceptors (Lipinski definition) is 4. The van der Waals surface area contributed by atoms with Crippen LogP contribution in [0.1, 0.15) is 23.6 Å². The van der Waals surface area contributed by atoms with Gasteiger partial charge in [0.2, 0.25) is 0 Å². The number of fused-ring (bicyclic) bond motifs is 2. The zero-order chi connectivity index (χ0) is 24.2. The molecule has 1 aliphatic heterocycles. The summed E-state index contributed by atoms with van der Waals surface area (Å²) < 4.78 is 11.4. The van der Waals surface area contributed by atoms with Crippen molar-refractivity contribution in [2.45, 2.75) is 26.4 Å². The van der Waals surface area contributed by atoms with Crippen LogP contribution in [0.3, 0.4) is 0 Å². The second-order valence-electron chi connectivity index (χ2n) is 8.49. The fraction of sp³-hybridized carbons (Fsp3) is 0.214. The number of hydrogen-bond donors (Lipinski definition) is 2. The average molecular weight is 486 g/mol. The highest BCUT2D eigenvalue weighted by atomic mass is 32.1. The molecule has 0 amide bonds. The number of para-hydroxylation sites is 1. The summed E-state index contributed by atoms with van der Waals surface area (Å²) in [5.74, 6) is 1.34. The molecule has 7 heteroatoms. The predicted molar refractivity (Wildman–Crippen MR) is 143 cm³/mol. The molecule has 2 N–H and O–H groups in total. The van der Waals surface area contributed by atoms with Gasteiger partial charge in [0, 0.05) is 29.2 Å². The summed E-state index contributed by atoms with van der Waals surface area (Å²) in [7, 11) is 0. The first kappa shape index (κ1) is 22.9. The lowest BCUT2D eigenvalue weighted by Crippen LogP contribution is -2.35. The first-order chi connectivity index (χ1) is 17.1. The molecule has 0 atom stereocenters. The Morgan fingerprint density at radius 2 is 1.66 bits per heavy atom. The number of pyridine rings is 1. The first-order valence-electron chi connectivity index (χ1n) is 11.7. The van der Waals surface area contributed by atoms with Gasteiger partial charge in [0.15, 0.2) is 16.6 Å². The summed E-state index contributed by atoms with van der Waals surface area (Å²) in [6, 6.07) is 23.9. The van der Waals surface area contributed by atoms with E-state index in [9.17, 15) is 4.79 Å². The van der Waals surface area contributed by atoms with E-state index in [4.69, 9.17) is 21.7 Å². The number of ether oxygens (including phenoxy) is 2. The monoisotopic (exact) mass is 485 g/mol. The number of aromatic nitrogens is 1. The number of nitrogens with zero attached hydrogens (tertiary/aromatic N) is 1. The Bertz CT molecular complexity index is 1420. The van der Waals surface area contributed by atoms with E-state index in [-0.39, 0.29) is 5.56 Å². The summed E-state index contributed by atoms with van der Waals surface area (Å²) in [5.41, 5.74) is 4.47. The van der Waals surface area contributed by atoms with Crippen molar-refractivity contribution in [2.75, 3.05) is 18.5 Å². The lowest BCUT2D eigenvalue weighted by atomic mass is 10.1. The molecule has 0 bridgehead atoms. The molecule has 0 saturated carbocycles. The fourth-order valence-corrected chi connectivity index (χ4v) is 4.50. The second kappa shape index (κ2) is 10.2. The van der Waals surface area contributed by atoms with E-state index in [1.54, 1.807) is 0 Å². The molecule has 2 heterocycles. The fourth-order valence-electron chi connectivity index (χ4n) is 4.26. The van der Waals surface area contributed by atoms with Crippen LogP contribution in [0, 0.1) is 0 Å². The van der Waals surface area contributed by atoms with E-state index in [0.717, 1.165) is 28.6 Å². The molecule has 3 aromatic carbocycles. The Hall–Kier alpha value is -3.84. The molecule has 0 unspecified atom stereocenters. The molecule has 0 spiro atoms. The molecule has 1 aromatic heterocycles. The lowest BCUT2D eigenvalue weighted by Gasteiger charge is -2.27. The van der Waals surface area contributed by atoms with Crippen molar-refractivity contribution < 1.29 is 9.47 Å². The quantitative estimate of drug-likeness (QED) is 0.363. The van der Waals surface area contributed by atoms with Crippen LogP contribution in [-0.2, 0) is 19.5 Å². The molecular formula is C28H27N3O3S.